The molecule has 0 aliphatic carbocycles. The van der Waals surface area contributed by atoms with Crippen LogP contribution in [0.25, 0.3) is 0 Å². The molecule has 1 fully saturated rings. The van der Waals surface area contributed by atoms with Crippen molar-refractivity contribution in [2.75, 3.05) is 30.4 Å². The molecule has 3 nitrogen and oxygen atoms in total. The van der Waals surface area contributed by atoms with Crippen LogP contribution in [-0.4, -0.2) is 25.1 Å². The van der Waals surface area contributed by atoms with Crippen LogP contribution in [0.3, 0.4) is 0 Å². The second-order valence-corrected chi connectivity index (χ2v) is 3.85. The van der Waals surface area contributed by atoms with E-state index in [9.17, 15) is 0 Å². The number of anilines is 2. The predicted molar refractivity (Wildman–Crippen MR) is 60.1 cm³/mol. The molecule has 1 aliphatic rings. The highest BCUT2D eigenvalue weighted by Gasteiger charge is 2.18. The van der Waals surface area contributed by atoms with E-state index in [4.69, 9.17) is 0 Å². The molecule has 0 spiro atoms. The number of rotatable bonds is 2. The summed E-state index contributed by atoms with van der Waals surface area (Å²) < 4.78 is 0. The van der Waals surface area contributed by atoms with Crippen molar-refractivity contribution in [1.82, 2.24) is 4.98 Å². The lowest BCUT2D eigenvalue weighted by molar-refractivity contribution is 0.615. The van der Waals surface area contributed by atoms with Crippen molar-refractivity contribution in [2.45, 2.75) is 20.3 Å². The van der Waals surface area contributed by atoms with Crippen LogP contribution >= 0.6 is 0 Å². The van der Waals surface area contributed by atoms with Crippen LogP contribution in [0.5, 0.6) is 0 Å². The Balaban J connectivity index is 2.41. The maximum absolute atomic E-state index is 4.45. The van der Waals surface area contributed by atoms with Gasteiger partial charge in [0.05, 0.1) is 0 Å². The van der Waals surface area contributed by atoms with Gasteiger partial charge in [0.15, 0.2) is 0 Å². The number of nitrogens with one attached hydrogen (secondary N) is 1. The van der Waals surface area contributed by atoms with Gasteiger partial charge in [-0.1, -0.05) is 0 Å². The molecule has 3 heteroatoms. The summed E-state index contributed by atoms with van der Waals surface area (Å²) in [5, 5.41) is 3.14. The van der Waals surface area contributed by atoms with E-state index in [0.29, 0.717) is 0 Å². The van der Waals surface area contributed by atoms with E-state index < -0.39 is 0 Å². The van der Waals surface area contributed by atoms with Gasteiger partial charge in [0.1, 0.15) is 5.82 Å². The third-order valence-electron chi connectivity index (χ3n) is 2.81. The third-order valence-corrected chi connectivity index (χ3v) is 2.81. The van der Waals surface area contributed by atoms with E-state index in [-0.39, 0.29) is 0 Å². The molecule has 0 aromatic carbocycles. The Hall–Kier alpha value is -1.25. The first-order valence-electron chi connectivity index (χ1n) is 5.13. The zero-order valence-corrected chi connectivity index (χ0v) is 9.09. The van der Waals surface area contributed by atoms with Gasteiger partial charge in [0.25, 0.3) is 0 Å². The van der Waals surface area contributed by atoms with Crippen molar-refractivity contribution in [2.24, 2.45) is 0 Å². The Morgan fingerprint density at radius 2 is 2.07 bits per heavy atom. The van der Waals surface area contributed by atoms with Gasteiger partial charge >= 0.3 is 0 Å². The number of aryl methyl sites for hydroxylation is 1. The lowest BCUT2D eigenvalue weighted by Crippen LogP contribution is -2.37. The Kier molecular flexibility index (Phi) is 2.32. The number of pyridine rings is 1. The van der Waals surface area contributed by atoms with Gasteiger partial charge in [-0.15, -0.1) is 0 Å². The van der Waals surface area contributed by atoms with Gasteiger partial charge in [-0.3, -0.25) is 0 Å². The van der Waals surface area contributed by atoms with E-state index in [1.807, 2.05) is 14.0 Å². The minimum Gasteiger partial charge on any atom is -0.373 e. The van der Waals surface area contributed by atoms with Crippen molar-refractivity contribution >= 4 is 11.5 Å². The van der Waals surface area contributed by atoms with E-state index in [1.54, 1.807) is 0 Å². The summed E-state index contributed by atoms with van der Waals surface area (Å²) in [5.74, 6) is 1.01. The second kappa shape index (κ2) is 3.48. The molecule has 2 rings (SSSR count). The maximum Gasteiger partial charge on any atom is 0.130 e. The molecule has 1 N–H and O–H groups in total. The molecule has 14 heavy (non-hydrogen) atoms. The molecule has 1 saturated heterocycles. The van der Waals surface area contributed by atoms with Gasteiger partial charge in [0, 0.05) is 37.1 Å². The van der Waals surface area contributed by atoms with Crippen molar-refractivity contribution in [3.05, 3.63) is 17.3 Å². The minimum atomic E-state index is 1.01. The molecule has 76 valence electrons. The van der Waals surface area contributed by atoms with E-state index >= 15 is 0 Å². The van der Waals surface area contributed by atoms with E-state index in [0.717, 1.165) is 11.5 Å². The third kappa shape index (κ3) is 1.43. The second-order valence-electron chi connectivity index (χ2n) is 3.85. The fourth-order valence-electron chi connectivity index (χ4n) is 1.85. The summed E-state index contributed by atoms with van der Waals surface area (Å²) in [4.78, 5) is 6.86. The topological polar surface area (TPSA) is 28.2 Å². The Labute approximate surface area is 85.1 Å². The van der Waals surface area contributed by atoms with Crippen molar-refractivity contribution < 1.29 is 0 Å². The van der Waals surface area contributed by atoms with Crippen LogP contribution in [0.15, 0.2) is 6.07 Å². The molecule has 1 aromatic rings. The molecule has 2 heterocycles. The van der Waals surface area contributed by atoms with Gasteiger partial charge in [-0.2, -0.15) is 0 Å². The summed E-state index contributed by atoms with van der Waals surface area (Å²) in [6.45, 7) is 6.55. The number of hydrogen-bond acceptors (Lipinski definition) is 3. The minimum absolute atomic E-state index is 1.01. The number of nitrogens with zero attached hydrogens (tertiary/aromatic N) is 2. The van der Waals surface area contributed by atoms with Crippen molar-refractivity contribution in [3.63, 3.8) is 0 Å². The Morgan fingerprint density at radius 3 is 2.57 bits per heavy atom. The molecule has 0 unspecified atom stereocenters. The summed E-state index contributed by atoms with van der Waals surface area (Å²) in [6, 6.07) is 2.18. The van der Waals surface area contributed by atoms with Gasteiger partial charge in [-0.05, 0) is 26.3 Å². The van der Waals surface area contributed by atoms with Gasteiger partial charge < -0.3 is 10.2 Å². The fourth-order valence-corrected chi connectivity index (χ4v) is 1.85. The monoisotopic (exact) mass is 191 g/mol. The van der Waals surface area contributed by atoms with Crippen LogP contribution < -0.4 is 10.2 Å². The SMILES string of the molecule is CNc1nc(C)cc(N2CCC2)c1C. The summed E-state index contributed by atoms with van der Waals surface area (Å²) >= 11 is 0. The highest BCUT2D eigenvalue weighted by molar-refractivity contribution is 5.64. The van der Waals surface area contributed by atoms with Crippen LogP contribution in [-0.2, 0) is 0 Å². The zero-order valence-electron chi connectivity index (χ0n) is 9.09. The Morgan fingerprint density at radius 1 is 1.36 bits per heavy atom. The lowest BCUT2D eigenvalue weighted by Gasteiger charge is -2.34. The predicted octanol–water partition coefficient (Wildman–Crippen LogP) is 1.95. The highest BCUT2D eigenvalue weighted by Crippen LogP contribution is 2.29. The molecular formula is C11H17N3. The molecule has 1 aliphatic heterocycles. The normalized spacial score (nSPS) is 15.2. The first-order valence-corrected chi connectivity index (χ1v) is 5.13. The summed E-state index contributed by atoms with van der Waals surface area (Å²) in [5.41, 5.74) is 3.69. The number of aromatic nitrogens is 1. The lowest BCUT2D eigenvalue weighted by atomic mass is 10.1. The molecule has 1 aromatic heterocycles. The zero-order chi connectivity index (χ0) is 10.1. The highest BCUT2D eigenvalue weighted by atomic mass is 15.2. The van der Waals surface area contributed by atoms with Gasteiger partial charge in [-0.25, -0.2) is 4.98 Å². The quantitative estimate of drug-likeness (QED) is 0.774. The molecule has 0 atom stereocenters. The first-order chi connectivity index (χ1) is 6.72. The van der Waals surface area contributed by atoms with Crippen molar-refractivity contribution in [3.8, 4) is 0 Å². The molecule has 0 radical (unpaired) electrons. The number of hydrogen-bond donors (Lipinski definition) is 1. The van der Waals surface area contributed by atoms with Crippen LogP contribution in [0, 0.1) is 13.8 Å². The molecule has 0 bridgehead atoms. The molecular weight excluding hydrogens is 174 g/mol. The van der Waals surface area contributed by atoms with Crippen molar-refractivity contribution in [1.29, 1.82) is 0 Å². The standard InChI is InChI=1S/C11H17N3/c1-8-7-10(14-5-4-6-14)9(2)11(12-3)13-8/h7H,4-6H2,1-3H3,(H,12,13). The summed E-state index contributed by atoms with van der Waals surface area (Å²) in [6.07, 6.45) is 1.32. The Bertz CT molecular complexity index is 343. The maximum atomic E-state index is 4.45. The smallest absolute Gasteiger partial charge is 0.130 e. The molecule has 0 saturated carbocycles. The average molecular weight is 191 g/mol. The first kappa shape index (κ1) is 9.31. The van der Waals surface area contributed by atoms with E-state index in [1.165, 1.54) is 30.8 Å². The van der Waals surface area contributed by atoms with Crippen LogP contribution in [0.4, 0.5) is 11.5 Å². The largest absolute Gasteiger partial charge is 0.373 e. The van der Waals surface area contributed by atoms with Gasteiger partial charge in [0.2, 0.25) is 0 Å². The van der Waals surface area contributed by atoms with Crippen LogP contribution in [0.2, 0.25) is 0 Å². The summed E-state index contributed by atoms with van der Waals surface area (Å²) in [7, 11) is 1.93. The fraction of sp³-hybridized carbons (Fsp3) is 0.545. The average Bonchev–Trinajstić information content (AvgIpc) is 2.07. The van der Waals surface area contributed by atoms with Crippen LogP contribution in [0.1, 0.15) is 17.7 Å². The molecule has 0 amide bonds. The van der Waals surface area contributed by atoms with E-state index in [2.05, 4.69) is 28.2 Å².